The molecule has 0 unspecified atom stereocenters. The molecule has 0 aliphatic heterocycles. The first-order valence-electron chi connectivity index (χ1n) is 4.49. The van der Waals surface area contributed by atoms with Gasteiger partial charge >= 0.3 is 0 Å². The van der Waals surface area contributed by atoms with Crippen LogP contribution >= 0.6 is 0 Å². The van der Waals surface area contributed by atoms with E-state index in [2.05, 4.69) is 35.7 Å². The molecular weight excluding hydrogens is 158 g/mol. The van der Waals surface area contributed by atoms with Crippen molar-refractivity contribution in [3.8, 4) is 0 Å². The van der Waals surface area contributed by atoms with Gasteiger partial charge in [-0.2, -0.15) is 0 Å². The molecule has 1 N–H and O–H groups in total. The average molecular weight is 173 g/mol. The number of hydrogen-bond donors (Lipinski definition) is 1. The third-order valence-corrected chi connectivity index (χ3v) is 1.67. The van der Waals surface area contributed by atoms with Gasteiger partial charge in [0, 0.05) is 0 Å². The van der Waals surface area contributed by atoms with Crippen LogP contribution in [0.5, 0.6) is 0 Å². The monoisotopic (exact) mass is 173 g/mol. The Kier molecular flexibility index (Phi) is 4.47. The Balaban J connectivity index is 2.31. The number of hydrogen-bond acceptors (Lipinski definition) is 1. The van der Waals surface area contributed by atoms with Gasteiger partial charge in [-0.15, -0.1) is 0 Å². The Labute approximate surface area is 79.8 Å². The Bertz CT molecular complexity index is 272. The van der Waals surface area contributed by atoms with Gasteiger partial charge in [-0.1, -0.05) is 42.5 Å². The Hall–Kier alpha value is -1.50. The largest absolute Gasteiger partial charge is 0.368 e. The van der Waals surface area contributed by atoms with Crippen LogP contribution in [0, 0.1) is 0 Å². The zero-order chi connectivity index (χ0) is 9.36. The van der Waals surface area contributed by atoms with Gasteiger partial charge < -0.3 is 5.32 Å². The predicted molar refractivity (Wildman–Crippen MR) is 57.2 cm³/mol. The highest BCUT2D eigenvalue weighted by atomic mass is 14.8. The maximum Gasteiger partial charge on any atom is -0.00324 e. The van der Waals surface area contributed by atoms with Crippen molar-refractivity contribution in [2.24, 2.45) is 0 Å². The summed E-state index contributed by atoms with van der Waals surface area (Å²) in [5.41, 5.74) is 1.33. The quantitative estimate of drug-likeness (QED) is 0.738. The van der Waals surface area contributed by atoms with E-state index < -0.39 is 0 Å². The minimum Gasteiger partial charge on any atom is -0.368 e. The van der Waals surface area contributed by atoms with Crippen molar-refractivity contribution in [3.63, 3.8) is 0 Å². The summed E-state index contributed by atoms with van der Waals surface area (Å²) in [6.07, 6.45) is 8.90. The minimum absolute atomic E-state index is 0.978. The molecule has 0 aliphatic rings. The average Bonchev–Trinajstić information content (AvgIpc) is 2.19. The van der Waals surface area contributed by atoms with E-state index in [0.29, 0.717) is 0 Å². The van der Waals surface area contributed by atoms with E-state index in [1.165, 1.54) is 5.56 Å². The van der Waals surface area contributed by atoms with Crippen molar-refractivity contribution in [3.05, 3.63) is 60.4 Å². The highest BCUT2D eigenvalue weighted by Crippen LogP contribution is 1.99. The van der Waals surface area contributed by atoms with Crippen LogP contribution in [0.25, 0.3) is 0 Å². The zero-order valence-corrected chi connectivity index (χ0v) is 7.90. The molecule has 0 fully saturated rings. The van der Waals surface area contributed by atoms with Gasteiger partial charge in [0.2, 0.25) is 0 Å². The first kappa shape index (κ1) is 9.59. The summed E-state index contributed by atoms with van der Waals surface area (Å²) in [6, 6.07) is 10.4. The Morgan fingerprint density at radius 2 is 1.92 bits per heavy atom. The minimum atomic E-state index is 0.978. The van der Waals surface area contributed by atoms with Gasteiger partial charge in [0.25, 0.3) is 0 Å². The Morgan fingerprint density at radius 1 is 1.15 bits per heavy atom. The van der Waals surface area contributed by atoms with Crippen molar-refractivity contribution in [1.29, 1.82) is 0 Å². The van der Waals surface area contributed by atoms with E-state index >= 15 is 0 Å². The first-order valence-corrected chi connectivity index (χ1v) is 4.49. The lowest BCUT2D eigenvalue weighted by atomic mass is 10.1. The van der Waals surface area contributed by atoms with Crippen LogP contribution in [0.15, 0.2) is 54.9 Å². The summed E-state index contributed by atoms with van der Waals surface area (Å²) < 4.78 is 0. The van der Waals surface area contributed by atoms with E-state index in [1.54, 1.807) is 0 Å². The fourth-order valence-corrected chi connectivity index (χ4v) is 1.03. The van der Waals surface area contributed by atoms with Crippen LogP contribution in [0.2, 0.25) is 0 Å². The molecule has 0 saturated carbocycles. The van der Waals surface area contributed by atoms with Crippen molar-refractivity contribution >= 4 is 0 Å². The Morgan fingerprint density at radius 3 is 2.62 bits per heavy atom. The van der Waals surface area contributed by atoms with Crippen LogP contribution in [0.3, 0.4) is 0 Å². The third-order valence-electron chi connectivity index (χ3n) is 1.67. The number of nitrogens with one attached hydrogen (secondary N) is 1. The molecule has 0 atom stereocenters. The van der Waals surface area contributed by atoms with Crippen molar-refractivity contribution in [2.75, 3.05) is 0 Å². The molecule has 0 aliphatic carbocycles. The molecule has 1 heteroatoms. The van der Waals surface area contributed by atoms with Crippen molar-refractivity contribution < 1.29 is 0 Å². The van der Waals surface area contributed by atoms with Gasteiger partial charge in [-0.05, 0) is 31.3 Å². The normalized spacial score (nSPS) is 11.2. The second-order valence-electron chi connectivity index (χ2n) is 2.76. The van der Waals surface area contributed by atoms with Gasteiger partial charge in [0.05, 0.1) is 0 Å². The molecule has 1 rings (SSSR count). The molecule has 0 aromatic heterocycles. The van der Waals surface area contributed by atoms with Crippen LogP contribution in [0.4, 0.5) is 0 Å². The lowest BCUT2D eigenvalue weighted by Gasteiger charge is -1.93. The van der Waals surface area contributed by atoms with E-state index in [-0.39, 0.29) is 0 Å². The molecule has 0 spiro atoms. The maximum atomic E-state index is 3.04. The lowest BCUT2D eigenvalue weighted by Crippen LogP contribution is -1.91. The first-order chi connectivity index (χ1) is 6.43. The van der Waals surface area contributed by atoms with Gasteiger partial charge in [-0.25, -0.2) is 0 Å². The number of allylic oxidation sites excluding steroid dienone is 2. The second kappa shape index (κ2) is 6.06. The standard InChI is InChI=1S/C12H15N/c1-2-10-13-11-6-9-12-7-4-3-5-8-12/h2-8,10-11,13H,9H2,1H3. The van der Waals surface area contributed by atoms with Gasteiger partial charge in [-0.3, -0.25) is 0 Å². The highest BCUT2D eigenvalue weighted by molar-refractivity contribution is 5.17. The molecule has 1 nitrogen and oxygen atoms in total. The van der Waals surface area contributed by atoms with Crippen molar-refractivity contribution in [2.45, 2.75) is 13.3 Å². The molecule has 1 aromatic carbocycles. The maximum absolute atomic E-state index is 3.04. The predicted octanol–water partition coefficient (Wildman–Crippen LogP) is 2.87. The molecule has 0 bridgehead atoms. The highest BCUT2D eigenvalue weighted by Gasteiger charge is 1.83. The molecule has 0 amide bonds. The van der Waals surface area contributed by atoms with Crippen LogP contribution in [-0.2, 0) is 6.42 Å². The molecule has 0 radical (unpaired) electrons. The summed E-state index contributed by atoms with van der Waals surface area (Å²) in [5, 5.41) is 3.04. The van der Waals surface area contributed by atoms with Crippen LogP contribution in [-0.4, -0.2) is 0 Å². The summed E-state index contributed by atoms with van der Waals surface area (Å²) in [4.78, 5) is 0. The number of benzene rings is 1. The molecule has 1 aromatic rings. The summed E-state index contributed by atoms with van der Waals surface area (Å²) in [6.45, 7) is 1.98. The van der Waals surface area contributed by atoms with E-state index in [4.69, 9.17) is 0 Å². The molecule has 13 heavy (non-hydrogen) atoms. The summed E-state index contributed by atoms with van der Waals surface area (Å²) in [7, 11) is 0. The fourth-order valence-electron chi connectivity index (χ4n) is 1.03. The van der Waals surface area contributed by atoms with E-state index in [9.17, 15) is 0 Å². The second-order valence-corrected chi connectivity index (χ2v) is 2.76. The van der Waals surface area contributed by atoms with E-state index in [1.807, 2.05) is 31.5 Å². The molecule has 0 heterocycles. The summed E-state index contributed by atoms with van der Waals surface area (Å²) >= 11 is 0. The zero-order valence-electron chi connectivity index (χ0n) is 7.90. The third kappa shape index (κ3) is 4.16. The molecular formula is C12H15N. The summed E-state index contributed by atoms with van der Waals surface area (Å²) in [5.74, 6) is 0. The lowest BCUT2D eigenvalue weighted by molar-refractivity contribution is 1.15. The topological polar surface area (TPSA) is 12.0 Å². The van der Waals surface area contributed by atoms with Crippen LogP contribution in [0.1, 0.15) is 12.5 Å². The number of rotatable bonds is 4. The SMILES string of the molecule is CC=CNC=CCc1ccccc1. The fraction of sp³-hybridized carbons (Fsp3) is 0.167. The van der Waals surface area contributed by atoms with E-state index in [0.717, 1.165) is 6.42 Å². The van der Waals surface area contributed by atoms with Gasteiger partial charge in [0.15, 0.2) is 0 Å². The van der Waals surface area contributed by atoms with Gasteiger partial charge in [0.1, 0.15) is 0 Å². The van der Waals surface area contributed by atoms with Crippen LogP contribution < -0.4 is 5.32 Å². The molecule has 0 saturated heterocycles. The van der Waals surface area contributed by atoms with Crippen molar-refractivity contribution in [1.82, 2.24) is 5.32 Å². The smallest absolute Gasteiger partial charge is 0.00324 e. The molecule has 68 valence electrons.